The molecular weight excluding hydrogens is 262 g/mol. The second-order valence-electron chi connectivity index (χ2n) is 3.36. The van der Waals surface area contributed by atoms with E-state index in [9.17, 15) is 4.21 Å². The van der Waals surface area contributed by atoms with Crippen LogP contribution in [0.15, 0.2) is 34.9 Å². The number of hydrogen-bond donors (Lipinski definition) is 0. The molecule has 0 aliphatic rings. The Morgan fingerprint density at radius 1 is 1.47 bits per heavy atom. The van der Waals surface area contributed by atoms with E-state index >= 15 is 0 Å². The van der Waals surface area contributed by atoms with Crippen molar-refractivity contribution in [1.29, 1.82) is 0 Å². The van der Waals surface area contributed by atoms with Crippen LogP contribution in [0.4, 0.5) is 0 Å². The Kier molecular flexibility index (Phi) is 3.93. The van der Waals surface area contributed by atoms with E-state index in [-0.39, 0.29) is 6.61 Å². The fourth-order valence-electron chi connectivity index (χ4n) is 1.30. The first-order valence-corrected chi connectivity index (χ1v) is 6.69. The molecule has 1 aromatic carbocycles. The average molecular weight is 272 g/mol. The van der Waals surface area contributed by atoms with Gasteiger partial charge in [0.1, 0.15) is 12.3 Å². The lowest BCUT2D eigenvalue weighted by Crippen LogP contribution is -1.94. The summed E-state index contributed by atoms with van der Waals surface area (Å²) in [6, 6.07) is 9.00. The zero-order chi connectivity index (χ0) is 12.3. The molecule has 17 heavy (non-hydrogen) atoms. The Bertz CT molecular complexity index is 541. The van der Waals surface area contributed by atoms with E-state index in [1.807, 2.05) is 12.1 Å². The normalized spacial score (nSPS) is 12.6. The smallest absolute Gasteiger partial charge is 0.167 e. The first-order chi connectivity index (χ1) is 8.15. The molecule has 1 aromatic heterocycles. The van der Waals surface area contributed by atoms with Gasteiger partial charge in [0.25, 0.3) is 0 Å². The maximum atomic E-state index is 10.8. The summed E-state index contributed by atoms with van der Waals surface area (Å²) < 4.78 is 20.8. The first kappa shape index (κ1) is 12.3. The molecule has 2 aromatic rings. The Labute approximate surface area is 106 Å². The number of nitrogens with zero attached hydrogens (tertiary/aromatic N) is 1. The van der Waals surface area contributed by atoms with Crippen LogP contribution in [0.3, 0.4) is 0 Å². The fraction of sp³-hybridized carbons (Fsp3) is 0.182. The van der Waals surface area contributed by atoms with Gasteiger partial charge in [0.2, 0.25) is 0 Å². The zero-order valence-electron chi connectivity index (χ0n) is 9.05. The predicted octanol–water partition coefficient (Wildman–Crippen LogP) is 2.81. The molecular formula is C11H10ClNO3S. The molecule has 0 aliphatic heterocycles. The third-order valence-electron chi connectivity index (χ3n) is 2.04. The van der Waals surface area contributed by atoms with Gasteiger partial charge in [-0.15, -0.1) is 0 Å². The third kappa shape index (κ3) is 3.39. The highest BCUT2D eigenvalue weighted by Crippen LogP contribution is 2.23. The minimum absolute atomic E-state index is 0.160. The summed E-state index contributed by atoms with van der Waals surface area (Å²) in [5, 5.41) is 4.45. The molecule has 0 radical (unpaired) electrons. The number of halogens is 1. The van der Waals surface area contributed by atoms with Gasteiger partial charge >= 0.3 is 0 Å². The van der Waals surface area contributed by atoms with Gasteiger partial charge in [-0.25, -0.2) is 4.21 Å². The summed E-state index contributed by atoms with van der Waals surface area (Å²) in [6.45, 7) is 0.160. The molecule has 0 saturated heterocycles. The molecule has 1 atom stereocenters. The van der Waals surface area contributed by atoms with Crippen LogP contribution in [0.2, 0.25) is 5.02 Å². The average Bonchev–Trinajstić information content (AvgIpc) is 2.75. The van der Waals surface area contributed by atoms with Gasteiger partial charge in [0.15, 0.2) is 16.8 Å². The zero-order valence-corrected chi connectivity index (χ0v) is 10.6. The van der Waals surface area contributed by atoms with Crippen molar-refractivity contribution in [3.05, 3.63) is 41.0 Å². The first-order valence-electron chi connectivity index (χ1n) is 4.83. The molecule has 4 nitrogen and oxygen atoms in total. The topological polar surface area (TPSA) is 52.3 Å². The number of hydrogen-bond acceptors (Lipinski definition) is 4. The lowest BCUT2D eigenvalue weighted by Gasteiger charge is -1.95. The lowest BCUT2D eigenvalue weighted by molar-refractivity contribution is 0.319. The maximum Gasteiger partial charge on any atom is 0.167 e. The van der Waals surface area contributed by atoms with Crippen molar-refractivity contribution < 1.29 is 12.9 Å². The second-order valence-corrected chi connectivity index (χ2v) is 4.83. The monoisotopic (exact) mass is 271 g/mol. The highest BCUT2D eigenvalue weighted by molar-refractivity contribution is 7.79. The summed E-state index contributed by atoms with van der Waals surface area (Å²) in [7, 11) is 0. The van der Waals surface area contributed by atoms with Crippen LogP contribution in [0.1, 0.15) is 5.69 Å². The van der Waals surface area contributed by atoms with E-state index in [0.717, 1.165) is 5.56 Å². The molecule has 0 saturated carbocycles. The van der Waals surface area contributed by atoms with E-state index in [4.69, 9.17) is 20.3 Å². The van der Waals surface area contributed by atoms with Gasteiger partial charge in [0, 0.05) is 22.9 Å². The molecule has 0 bridgehead atoms. The van der Waals surface area contributed by atoms with E-state index in [1.165, 1.54) is 6.26 Å². The van der Waals surface area contributed by atoms with Gasteiger partial charge in [-0.2, -0.15) is 0 Å². The summed E-state index contributed by atoms with van der Waals surface area (Å²) in [5.41, 5.74) is 1.43. The highest BCUT2D eigenvalue weighted by Gasteiger charge is 2.07. The summed E-state index contributed by atoms with van der Waals surface area (Å²) >= 11 is 4.57. The largest absolute Gasteiger partial charge is 0.356 e. The molecule has 90 valence electrons. The Morgan fingerprint density at radius 3 is 3.00 bits per heavy atom. The van der Waals surface area contributed by atoms with E-state index in [0.29, 0.717) is 16.5 Å². The highest BCUT2D eigenvalue weighted by atomic mass is 35.5. The van der Waals surface area contributed by atoms with Crippen molar-refractivity contribution in [2.75, 3.05) is 6.26 Å². The standard InChI is InChI=1S/C11H10ClNO3S/c1-17(14)15-7-10-6-11(16-13-10)8-3-2-4-9(12)5-8/h2-6H,7H2,1H3. The Balaban J connectivity index is 2.15. The minimum Gasteiger partial charge on any atom is -0.356 e. The SMILES string of the molecule is CS(=O)OCc1cc(-c2cccc(Cl)c2)on1. The summed E-state index contributed by atoms with van der Waals surface area (Å²) in [4.78, 5) is 0. The second kappa shape index (κ2) is 5.44. The van der Waals surface area contributed by atoms with Crippen molar-refractivity contribution in [2.45, 2.75) is 6.61 Å². The summed E-state index contributed by atoms with van der Waals surface area (Å²) in [6.07, 6.45) is 1.46. The molecule has 0 spiro atoms. The van der Waals surface area contributed by atoms with Crippen LogP contribution < -0.4 is 0 Å². The predicted molar refractivity (Wildman–Crippen MR) is 65.8 cm³/mol. The molecule has 0 amide bonds. The van der Waals surface area contributed by atoms with Crippen LogP contribution in [-0.2, 0) is 21.9 Å². The van der Waals surface area contributed by atoms with Crippen LogP contribution >= 0.6 is 11.6 Å². The van der Waals surface area contributed by atoms with Crippen molar-refractivity contribution in [2.24, 2.45) is 0 Å². The molecule has 0 aliphatic carbocycles. The van der Waals surface area contributed by atoms with Crippen molar-refractivity contribution in [3.63, 3.8) is 0 Å². The fourth-order valence-corrected chi connectivity index (χ4v) is 1.78. The van der Waals surface area contributed by atoms with Crippen molar-refractivity contribution in [3.8, 4) is 11.3 Å². The maximum absolute atomic E-state index is 10.8. The number of aromatic nitrogens is 1. The molecule has 0 N–H and O–H groups in total. The van der Waals surface area contributed by atoms with Crippen LogP contribution in [0.25, 0.3) is 11.3 Å². The van der Waals surface area contributed by atoms with Gasteiger partial charge in [0.05, 0.1) is 0 Å². The molecule has 6 heteroatoms. The molecule has 2 rings (SSSR count). The van der Waals surface area contributed by atoms with Gasteiger partial charge in [-0.05, 0) is 12.1 Å². The number of benzene rings is 1. The van der Waals surface area contributed by atoms with E-state index < -0.39 is 11.1 Å². The third-order valence-corrected chi connectivity index (χ3v) is 2.73. The van der Waals surface area contributed by atoms with Crippen LogP contribution in [-0.4, -0.2) is 15.6 Å². The molecule has 1 heterocycles. The van der Waals surface area contributed by atoms with E-state index in [1.54, 1.807) is 18.2 Å². The van der Waals surface area contributed by atoms with Crippen molar-refractivity contribution in [1.82, 2.24) is 5.16 Å². The number of rotatable bonds is 4. The van der Waals surface area contributed by atoms with Crippen LogP contribution in [0, 0.1) is 0 Å². The summed E-state index contributed by atoms with van der Waals surface area (Å²) in [5.74, 6) is 0.605. The van der Waals surface area contributed by atoms with Gasteiger partial charge in [-0.3, -0.25) is 4.18 Å². The van der Waals surface area contributed by atoms with Crippen LogP contribution in [0.5, 0.6) is 0 Å². The van der Waals surface area contributed by atoms with Gasteiger partial charge in [-0.1, -0.05) is 28.9 Å². The molecule has 1 unspecified atom stereocenters. The minimum atomic E-state index is -1.31. The molecule has 0 fully saturated rings. The lowest BCUT2D eigenvalue weighted by atomic mass is 10.2. The van der Waals surface area contributed by atoms with Crippen molar-refractivity contribution >= 4 is 22.7 Å². The quantitative estimate of drug-likeness (QED) is 0.858. The van der Waals surface area contributed by atoms with E-state index in [2.05, 4.69) is 5.16 Å². The Hall–Kier alpha value is -1.17. The van der Waals surface area contributed by atoms with Gasteiger partial charge < -0.3 is 4.52 Å². The Morgan fingerprint density at radius 2 is 2.29 bits per heavy atom.